The first kappa shape index (κ1) is 15.2. The third-order valence-corrected chi connectivity index (χ3v) is 3.68. The molecule has 1 rings (SSSR count). The van der Waals surface area contributed by atoms with Gasteiger partial charge in [-0.3, -0.25) is 0 Å². The summed E-state index contributed by atoms with van der Waals surface area (Å²) in [6.45, 7) is 6.46. The minimum atomic E-state index is 0.262. The standard InChI is InChI=1S/C15H21BrO2/c1-4-12(7-6-11(3)17)13-8-9-15(18-5-2)14(16)10-13/h8-10,12H,4-7H2,1-3H3. The Balaban J connectivity index is 2.80. The summed E-state index contributed by atoms with van der Waals surface area (Å²) in [5.41, 5.74) is 1.27. The van der Waals surface area contributed by atoms with Gasteiger partial charge in [0.25, 0.3) is 0 Å². The van der Waals surface area contributed by atoms with E-state index < -0.39 is 0 Å². The molecule has 0 N–H and O–H groups in total. The molecule has 0 amide bonds. The van der Waals surface area contributed by atoms with Gasteiger partial charge in [0, 0.05) is 6.42 Å². The van der Waals surface area contributed by atoms with Crippen LogP contribution < -0.4 is 4.74 Å². The van der Waals surface area contributed by atoms with E-state index in [2.05, 4.69) is 35.0 Å². The molecule has 0 aliphatic rings. The maximum Gasteiger partial charge on any atom is 0.133 e. The van der Waals surface area contributed by atoms with Gasteiger partial charge in [-0.15, -0.1) is 0 Å². The number of carbonyl (C=O) groups is 1. The number of Topliss-reactive ketones (excluding diaryl/α,β-unsaturated/α-hetero) is 1. The van der Waals surface area contributed by atoms with Gasteiger partial charge in [-0.1, -0.05) is 13.0 Å². The van der Waals surface area contributed by atoms with E-state index in [4.69, 9.17) is 4.74 Å². The fourth-order valence-corrected chi connectivity index (χ4v) is 2.54. The number of hydrogen-bond donors (Lipinski definition) is 0. The maximum absolute atomic E-state index is 11.1. The van der Waals surface area contributed by atoms with Crippen LogP contribution in [-0.4, -0.2) is 12.4 Å². The molecule has 0 heterocycles. The number of benzene rings is 1. The Hall–Kier alpha value is -0.830. The number of halogens is 1. The van der Waals surface area contributed by atoms with Crippen molar-refractivity contribution < 1.29 is 9.53 Å². The van der Waals surface area contributed by atoms with Crippen molar-refractivity contribution in [3.05, 3.63) is 28.2 Å². The zero-order valence-corrected chi connectivity index (χ0v) is 12.9. The number of carbonyl (C=O) groups excluding carboxylic acids is 1. The average molecular weight is 313 g/mol. The van der Waals surface area contributed by atoms with Crippen molar-refractivity contribution in [2.45, 2.75) is 46.0 Å². The second-order valence-corrected chi connectivity index (χ2v) is 5.32. The van der Waals surface area contributed by atoms with Crippen LogP contribution in [0.4, 0.5) is 0 Å². The molecular weight excluding hydrogens is 292 g/mol. The van der Waals surface area contributed by atoms with Crippen molar-refractivity contribution >= 4 is 21.7 Å². The Kier molecular flexibility index (Phi) is 6.41. The first-order valence-electron chi connectivity index (χ1n) is 6.50. The Bertz CT molecular complexity index is 401. The van der Waals surface area contributed by atoms with Gasteiger partial charge < -0.3 is 9.53 Å². The van der Waals surface area contributed by atoms with Gasteiger partial charge in [0.2, 0.25) is 0 Å². The molecule has 18 heavy (non-hydrogen) atoms. The summed E-state index contributed by atoms with van der Waals surface area (Å²) in [5.74, 6) is 1.59. The molecule has 0 aromatic heterocycles. The Morgan fingerprint density at radius 3 is 2.61 bits per heavy atom. The molecule has 0 saturated carbocycles. The normalized spacial score (nSPS) is 12.2. The molecule has 0 aliphatic heterocycles. The summed E-state index contributed by atoms with van der Waals surface area (Å²) in [4.78, 5) is 11.1. The minimum Gasteiger partial charge on any atom is -0.493 e. The summed E-state index contributed by atoms with van der Waals surface area (Å²) in [5, 5.41) is 0. The lowest BCUT2D eigenvalue weighted by Crippen LogP contribution is -2.01. The molecule has 0 saturated heterocycles. The second kappa shape index (κ2) is 7.57. The molecule has 1 aromatic carbocycles. The Labute approximate surface area is 118 Å². The zero-order valence-electron chi connectivity index (χ0n) is 11.3. The highest BCUT2D eigenvalue weighted by Crippen LogP contribution is 2.32. The van der Waals surface area contributed by atoms with E-state index in [9.17, 15) is 4.79 Å². The maximum atomic E-state index is 11.1. The first-order chi connectivity index (χ1) is 8.58. The van der Waals surface area contributed by atoms with Gasteiger partial charge in [0.15, 0.2) is 0 Å². The molecule has 2 nitrogen and oxygen atoms in total. The molecule has 1 aromatic rings. The lowest BCUT2D eigenvalue weighted by atomic mass is 9.91. The lowest BCUT2D eigenvalue weighted by Gasteiger charge is -2.16. The molecular formula is C15H21BrO2. The molecule has 0 aliphatic carbocycles. The Morgan fingerprint density at radius 1 is 1.39 bits per heavy atom. The van der Waals surface area contributed by atoms with Crippen molar-refractivity contribution in [3.8, 4) is 5.75 Å². The molecule has 0 fully saturated rings. The van der Waals surface area contributed by atoms with Gasteiger partial charge in [-0.2, -0.15) is 0 Å². The van der Waals surface area contributed by atoms with E-state index in [0.29, 0.717) is 18.9 Å². The molecule has 0 radical (unpaired) electrons. The largest absolute Gasteiger partial charge is 0.493 e. The molecule has 3 heteroatoms. The summed E-state index contributed by atoms with van der Waals surface area (Å²) in [6.07, 6.45) is 2.63. The van der Waals surface area contributed by atoms with Crippen LogP contribution >= 0.6 is 15.9 Å². The first-order valence-corrected chi connectivity index (χ1v) is 7.29. The van der Waals surface area contributed by atoms with Crippen LogP contribution in [0.15, 0.2) is 22.7 Å². The molecule has 0 bridgehead atoms. The predicted octanol–water partition coefficient (Wildman–Crippen LogP) is 4.71. The van der Waals surface area contributed by atoms with Crippen LogP contribution in [0.3, 0.4) is 0 Å². The van der Waals surface area contributed by atoms with E-state index in [-0.39, 0.29) is 5.78 Å². The van der Waals surface area contributed by atoms with Gasteiger partial charge in [0.05, 0.1) is 11.1 Å². The summed E-state index contributed by atoms with van der Waals surface area (Å²) < 4.78 is 6.49. The zero-order chi connectivity index (χ0) is 13.5. The van der Waals surface area contributed by atoms with E-state index >= 15 is 0 Å². The van der Waals surface area contributed by atoms with Crippen molar-refractivity contribution in [2.75, 3.05) is 6.61 Å². The van der Waals surface area contributed by atoms with E-state index in [0.717, 1.165) is 23.1 Å². The smallest absolute Gasteiger partial charge is 0.133 e. The van der Waals surface area contributed by atoms with Crippen molar-refractivity contribution in [1.82, 2.24) is 0 Å². The van der Waals surface area contributed by atoms with E-state index in [1.165, 1.54) is 5.56 Å². The van der Waals surface area contributed by atoms with Crippen LogP contribution in [0.5, 0.6) is 5.75 Å². The van der Waals surface area contributed by atoms with E-state index in [1.54, 1.807) is 6.92 Å². The van der Waals surface area contributed by atoms with E-state index in [1.807, 2.05) is 13.0 Å². The second-order valence-electron chi connectivity index (χ2n) is 4.47. The van der Waals surface area contributed by atoms with Crippen LogP contribution in [-0.2, 0) is 4.79 Å². The molecule has 0 spiro atoms. The average Bonchev–Trinajstić information content (AvgIpc) is 2.33. The van der Waals surface area contributed by atoms with Gasteiger partial charge in [-0.25, -0.2) is 0 Å². The third kappa shape index (κ3) is 4.45. The Morgan fingerprint density at radius 2 is 2.11 bits per heavy atom. The van der Waals surface area contributed by atoms with Gasteiger partial charge >= 0.3 is 0 Å². The fourth-order valence-electron chi connectivity index (χ4n) is 2.03. The van der Waals surface area contributed by atoms with Crippen molar-refractivity contribution in [2.24, 2.45) is 0 Å². The highest BCUT2D eigenvalue weighted by atomic mass is 79.9. The van der Waals surface area contributed by atoms with Crippen LogP contribution in [0.2, 0.25) is 0 Å². The number of ether oxygens (including phenoxy) is 1. The van der Waals surface area contributed by atoms with Crippen LogP contribution in [0.25, 0.3) is 0 Å². The summed E-state index contributed by atoms with van der Waals surface area (Å²) >= 11 is 3.53. The monoisotopic (exact) mass is 312 g/mol. The lowest BCUT2D eigenvalue weighted by molar-refractivity contribution is -0.117. The minimum absolute atomic E-state index is 0.262. The summed E-state index contributed by atoms with van der Waals surface area (Å²) in [7, 11) is 0. The summed E-state index contributed by atoms with van der Waals surface area (Å²) in [6, 6.07) is 6.21. The topological polar surface area (TPSA) is 26.3 Å². The number of hydrogen-bond acceptors (Lipinski definition) is 2. The SMILES string of the molecule is CCOc1ccc(C(CC)CCC(C)=O)cc1Br. The number of rotatable bonds is 7. The van der Waals surface area contributed by atoms with Crippen molar-refractivity contribution in [1.29, 1.82) is 0 Å². The highest BCUT2D eigenvalue weighted by molar-refractivity contribution is 9.10. The quantitative estimate of drug-likeness (QED) is 0.728. The molecule has 100 valence electrons. The van der Waals surface area contributed by atoms with Gasteiger partial charge in [-0.05, 0) is 66.2 Å². The van der Waals surface area contributed by atoms with Crippen LogP contribution in [0.1, 0.15) is 51.5 Å². The predicted molar refractivity (Wildman–Crippen MR) is 78.3 cm³/mol. The molecule has 1 unspecified atom stereocenters. The van der Waals surface area contributed by atoms with Crippen molar-refractivity contribution in [3.63, 3.8) is 0 Å². The fraction of sp³-hybridized carbons (Fsp3) is 0.533. The highest BCUT2D eigenvalue weighted by Gasteiger charge is 2.12. The molecule has 1 atom stereocenters. The van der Waals surface area contributed by atoms with Crippen LogP contribution in [0, 0.1) is 0 Å². The third-order valence-electron chi connectivity index (χ3n) is 3.06. The number of ketones is 1. The van der Waals surface area contributed by atoms with Gasteiger partial charge in [0.1, 0.15) is 11.5 Å².